The molecule has 2 aromatic heterocycles. The molecule has 3 aliphatic heterocycles. The van der Waals surface area contributed by atoms with E-state index < -0.39 is 23.8 Å². The molecule has 0 saturated carbocycles. The summed E-state index contributed by atoms with van der Waals surface area (Å²) in [6.45, 7) is 16.0. The van der Waals surface area contributed by atoms with E-state index in [0.717, 1.165) is 18.7 Å². The fourth-order valence-corrected chi connectivity index (χ4v) is 6.55. The van der Waals surface area contributed by atoms with Crippen LogP contribution in [0.25, 0.3) is 27.1 Å². The lowest BCUT2D eigenvalue weighted by molar-refractivity contribution is -0.172. The van der Waals surface area contributed by atoms with Crippen molar-refractivity contribution in [1.29, 1.82) is 0 Å². The van der Waals surface area contributed by atoms with Crippen molar-refractivity contribution in [3.05, 3.63) is 62.2 Å². The molecule has 3 aliphatic rings. The van der Waals surface area contributed by atoms with E-state index in [0.29, 0.717) is 47.5 Å². The molecule has 0 radical (unpaired) electrons. The Bertz CT molecular complexity index is 1940. The van der Waals surface area contributed by atoms with Gasteiger partial charge in [0.25, 0.3) is 5.56 Å². The quantitative estimate of drug-likeness (QED) is 0.242. The molecular formula is C34H39N7O7. The molecule has 1 atom stereocenters. The average molecular weight is 658 g/mol. The Labute approximate surface area is 278 Å². The second kappa shape index (κ2) is 12.6. The number of benzene rings is 1. The molecule has 1 fully saturated rings. The first-order valence-electron chi connectivity index (χ1n) is 16.0. The van der Waals surface area contributed by atoms with Crippen LogP contribution in [0, 0.1) is 6.57 Å². The number of piperazine rings is 1. The van der Waals surface area contributed by atoms with Gasteiger partial charge in [0, 0.05) is 60.8 Å². The van der Waals surface area contributed by atoms with Crippen LogP contribution in [0.2, 0.25) is 0 Å². The maximum atomic E-state index is 14.0. The van der Waals surface area contributed by atoms with Crippen molar-refractivity contribution in [2.24, 2.45) is 0 Å². The van der Waals surface area contributed by atoms with Crippen LogP contribution in [-0.2, 0) is 39.6 Å². The number of carbonyl (C=O) groups is 3. The van der Waals surface area contributed by atoms with Gasteiger partial charge in [-0.1, -0.05) is 6.92 Å². The van der Waals surface area contributed by atoms with Gasteiger partial charge in [-0.05, 0) is 59.6 Å². The number of esters is 1. The van der Waals surface area contributed by atoms with Gasteiger partial charge in [-0.2, -0.15) is 0 Å². The van der Waals surface area contributed by atoms with Crippen molar-refractivity contribution in [3.8, 4) is 17.1 Å². The van der Waals surface area contributed by atoms with Crippen molar-refractivity contribution in [1.82, 2.24) is 29.6 Å². The van der Waals surface area contributed by atoms with Gasteiger partial charge in [-0.3, -0.25) is 4.79 Å². The van der Waals surface area contributed by atoms with Crippen LogP contribution in [0.3, 0.4) is 0 Å². The first kappa shape index (κ1) is 32.9. The van der Waals surface area contributed by atoms with E-state index >= 15 is 0 Å². The molecule has 1 N–H and O–H groups in total. The van der Waals surface area contributed by atoms with E-state index in [2.05, 4.69) is 15.1 Å². The molecule has 0 unspecified atom stereocenters. The molecule has 1 aromatic carbocycles. The Balaban J connectivity index is 1.48. The first-order valence-corrected chi connectivity index (χ1v) is 16.0. The zero-order chi connectivity index (χ0) is 34.5. The molecule has 14 heteroatoms. The standard InChI is InChI=1S/C34H39N7O7/c1-8-34(48-32(44)36-19(2)3)24-14-27-28-20(16-41(27)30(42)23(24)18-46-31(34)43)13-21-22(17-38(5)6)29(26(35-4)15-25(21)37-28)47-33(45)40-11-9-39(7)10-12-40/h13-15,19H,8-12,16-18H2,1-3,5-7H3,(H,36,44)/t34-/m0/s1. The highest BCUT2D eigenvalue weighted by molar-refractivity contribution is 5.94. The topological polar surface area (TPSA) is 140 Å². The minimum Gasteiger partial charge on any atom is -0.457 e. The smallest absolute Gasteiger partial charge is 0.414 e. The van der Waals surface area contributed by atoms with Gasteiger partial charge in [0.15, 0.2) is 0 Å². The number of hydrogen-bond acceptors (Lipinski definition) is 10. The number of amides is 2. The number of likely N-dealkylation sites (N-methyl/N-ethyl adjacent to an activating group) is 1. The van der Waals surface area contributed by atoms with Gasteiger partial charge in [0.1, 0.15) is 12.4 Å². The van der Waals surface area contributed by atoms with E-state index in [1.807, 2.05) is 32.1 Å². The number of cyclic esters (lactones) is 1. The van der Waals surface area contributed by atoms with E-state index in [9.17, 15) is 19.2 Å². The van der Waals surface area contributed by atoms with Crippen LogP contribution in [0.4, 0.5) is 15.3 Å². The summed E-state index contributed by atoms with van der Waals surface area (Å²) in [7, 11) is 5.77. The number of hydrogen-bond donors (Lipinski definition) is 1. The summed E-state index contributed by atoms with van der Waals surface area (Å²) in [5, 5.41) is 3.33. The number of rotatable bonds is 6. The summed E-state index contributed by atoms with van der Waals surface area (Å²) < 4.78 is 18.7. The fraction of sp³-hybridized carbons (Fsp3) is 0.471. The van der Waals surface area contributed by atoms with Crippen molar-refractivity contribution < 1.29 is 28.6 Å². The molecule has 1 saturated heterocycles. The molecule has 14 nitrogen and oxygen atoms in total. The third-order valence-corrected chi connectivity index (χ3v) is 9.04. The van der Waals surface area contributed by atoms with E-state index in [-0.39, 0.29) is 53.7 Å². The molecule has 0 aliphatic carbocycles. The molecule has 252 valence electrons. The lowest BCUT2D eigenvalue weighted by Crippen LogP contribution is -2.49. The number of alkyl carbamates (subject to hydrolysis) is 1. The van der Waals surface area contributed by atoms with Crippen LogP contribution >= 0.6 is 0 Å². The summed E-state index contributed by atoms with van der Waals surface area (Å²) in [5.41, 5.74) is 1.28. The summed E-state index contributed by atoms with van der Waals surface area (Å²) in [4.78, 5) is 67.7. The Kier molecular flexibility index (Phi) is 8.61. The maximum absolute atomic E-state index is 14.0. The number of fused-ring (bicyclic) bond motifs is 5. The molecule has 0 spiro atoms. The molecular weight excluding hydrogens is 618 g/mol. The fourth-order valence-electron chi connectivity index (χ4n) is 6.55. The van der Waals surface area contributed by atoms with Gasteiger partial charge in [0.2, 0.25) is 11.3 Å². The third kappa shape index (κ3) is 5.62. The van der Waals surface area contributed by atoms with E-state index in [4.69, 9.17) is 25.8 Å². The number of aromatic nitrogens is 2. The number of pyridine rings is 2. The van der Waals surface area contributed by atoms with Gasteiger partial charge in [0.05, 0.1) is 35.6 Å². The van der Waals surface area contributed by atoms with E-state index in [1.165, 1.54) is 0 Å². The van der Waals surface area contributed by atoms with Crippen molar-refractivity contribution >= 4 is 34.7 Å². The number of nitrogens with zero attached hydrogens (tertiary/aromatic N) is 6. The second-order valence-corrected chi connectivity index (χ2v) is 13.0. The second-order valence-electron chi connectivity index (χ2n) is 13.0. The highest BCUT2D eigenvalue weighted by atomic mass is 16.6. The number of nitrogens with one attached hydrogen (secondary N) is 1. The molecule has 6 rings (SSSR count). The van der Waals surface area contributed by atoms with E-state index in [1.54, 1.807) is 42.4 Å². The Morgan fingerprint density at radius 2 is 1.90 bits per heavy atom. The summed E-state index contributed by atoms with van der Waals surface area (Å²) in [6.07, 6.45) is -1.26. The monoisotopic (exact) mass is 657 g/mol. The SMILES string of the molecule is [C-]#[N+]c1cc2nc3c(cc2c(CN(C)C)c1OC(=O)N1CCN(C)CC1)Cn1c-3cc2c(c1=O)COC(=O)[C@@]2(CC)OC(=O)NC(C)C. The Hall–Kier alpha value is -5.00. The lowest BCUT2D eigenvalue weighted by atomic mass is 9.85. The molecule has 0 bridgehead atoms. The van der Waals surface area contributed by atoms with Crippen LogP contribution in [0.1, 0.15) is 49.4 Å². The molecule has 2 amide bonds. The summed E-state index contributed by atoms with van der Waals surface area (Å²) in [6, 6.07) is 4.97. The van der Waals surface area contributed by atoms with Gasteiger partial charge < -0.3 is 38.8 Å². The minimum absolute atomic E-state index is 0.0448. The highest BCUT2D eigenvalue weighted by Gasteiger charge is 2.50. The maximum Gasteiger partial charge on any atom is 0.414 e. The highest BCUT2D eigenvalue weighted by Crippen LogP contribution is 2.44. The zero-order valence-electron chi connectivity index (χ0n) is 28.0. The van der Waals surface area contributed by atoms with Crippen LogP contribution in [0.5, 0.6) is 5.75 Å². The van der Waals surface area contributed by atoms with Crippen molar-refractivity contribution in [2.75, 3.05) is 47.3 Å². The molecule has 48 heavy (non-hydrogen) atoms. The Morgan fingerprint density at radius 1 is 1.17 bits per heavy atom. The van der Waals surface area contributed by atoms with Crippen molar-refractivity contribution in [2.45, 2.75) is 58.5 Å². The van der Waals surface area contributed by atoms with Gasteiger partial charge in [-0.15, -0.1) is 0 Å². The largest absolute Gasteiger partial charge is 0.457 e. The van der Waals surface area contributed by atoms with Crippen LogP contribution in [0.15, 0.2) is 23.0 Å². The van der Waals surface area contributed by atoms with Gasteiger partial charge in [-0.25, -0.2) is 24.2 Å². The zero-order valence-corrected chi connectivity index (χ0v) is 28.0. The minimum atomic E-state index is -1.82. The normalized spacial score (nSPS) is 18.6. The lowest BCUT2D eigenvalue weighted by Gasteiger charge is -2.35. The molecule has 3 aromatic rings. The number of ether oxygens (including phenoxy) is 3. The van der Waals surface area contributed by atoms with Crippen molar-refractivity contribution in [3.63, 3.8) is 0 Å². The predicted octanol–water partition coefficient (Wildman–Crippen LogP) is 3.58. The number of carbonyl (C=O) groups excluding carboxylic acids is 3. The van der Waals surface area contributed by atoms with Gasteiger partial charge >= 0.3 is 18.2 Å². The molecule has 5 heterocycles. The summed E-state index contributed by atoms with van der Waals surface area (Å²) >= 11 is 0. The average Bonchev–Trinajstić information content (AvgIpc) is 3.40. The first-order chi connectivity index (χ1) is 22.9. The van der Waals surface area contributed by atoms with Crippen LogP contribution < -0.4 is 15.6 Å². The predicted molar refractivity (Wildman–Crippen MR) is 176 cm³/mol. The third-order valence-electron chi connectivity index (χ3n) is 9.04. The van der Waals surface area contributed by atoms with Crippen LogP contribution in [-0.4, -0.2) is 95.8 Å². The Morgan fingerprint density at radius 3 is 2.54 bits per heavy atom. The summed E-state index contributed by atoms with van der Waals surface area (Å²) in [5.74, 6) is -0.556.